The first-order chi connectivity index (χ1) is 5.27. The minimum Gasteiger partial charge on any atom is -0.257 e. The first-order valence-electron chi connectivity index (χ1n) is 3.29. The average Bonchev–Trinajstić information content (AvgIpc) is 2.34. The lowest BCUT2D eigenvalue weighted by atomic mass is 10.1. The maximum atomic E-state index is 4.28. The van der Waals surface area contributed by atoms with E-state index in [-0.39, 0.29) is 6.17 Å². The highest BCUT2D eigenvalue weighted by Crippen LogP contribution is 2.30. The van der Waals surface area contributed by atoms with E-state index < -0.39 is 0 Å². The van der Waals surface area contributed by atoms with Crippen molar-refractivity contribution in [1.82, 2.24) is 0 Å². The third kappa shape index (κ3) is 1.07. The normalized spacial score (nSPS) is 27.5. The van der Waals surface area contributed by atoms with Gasteiger partial charge in [-0.1, -0.05) is 15.9 Å². The lowest BCUT2D eigenvalue weighted by Gasteiger charge is -2.11. The fourth-order valence-corrected chi connectivity index (χ4v) is 1.70. The summed E-state index contributed by atoms with van der Waals surface area (Å²) >= 11 is 3.43. The molecule has 2 aliphatic rings. The van der Waals surface area contributed by atoms with Gasteiger partial charge in [0.25, 0.3) is 0 Å². The molecule has 0 saturated heterocycles. The smallest absolute Gasteiger partial charge is 0.188 e. The Morgan fingerprint density at radius 3 is 3.18 bits per heavy atom. The van der Waals surface area contributed by atoms with Crippen LogP contribution in [0.25, 0.3) is 0 Å². The molecule has 0 bridgehead atoms. The van der Waals surface area contributed by atoms with E-state index in [1.54, 1.807) is 6.20 Å². The molecule has 2 aliphatic heterocycles. The van der Waals surface area contributed by atoms with Gasteiger partial charge in [0, 0.05) is 15.8 Å². The Balaban J connectivity index is 2.45. The van der Waals surface area contributed by atoms with Crippen LogP contribution in [0.2, 0.25) is 0 Å². The molecule has 11 heavy (non-hydrogen) atoms. The zero-order chi connectivity index (χ0) is 7.84. The number of fused-ring (bicyclic) bond motifs is 1. The van der Waals surface area contributed by atoms with Crippen molar-refractivity contribution in [2.75, 3.05) is 0 Å². The van der Waals surface area contributed by atoms with Gasteiger partial charge in [0.05, 0.1) is 6.20 Å². The summed E-state index contributed by atoms with van der Waals surface area (Å²) in [5.41, 5.74) is 2.04. The van der Waals surface area contributed by atoms with Crippen molar-refractivity contribution in [1.29, 1.82) is 0 Å². The van der Waals surface area contributed by atoms with Gasteiger partial charge in [-0.3, -0.25) is 4.99 Å². The summed E-state index contributed by atoms with van der Waals surface area (Å²) in [7, 11) is 0. The second-order valence-electron chi connectivity index (χ2n) is 2.45. The highest BCUT2D eigenvalue weighted by molar-refractivity contribution is 9.12. The van der Waals surface area contributed by atoms with Gasteiger partial charge in [-0.2, -0.15) is 10.2 Å². The van der Waals surface area contributed by atoms with Gasteiger partial charge in [0.15, 0.2) is 6.17 Å². The number of nitrogens with zero attached hydrogens (tertiary/aromatic N) is 3. The van der Waals surface area contributed by atoms with Gasteiger partial charge >= 0.3 is 0 Å². The van der Waals surface area contributed by atoms with Crippen LogP contribution < -0.4 is 0 Å². The Morgan fingerprint density at radius 1 is 1.55 bits per heavy atom. The van der Waals surface area contributed by atoms with Crippen LogP contribution in [0.15, 0.2) is 37.6 Å². The maximum absolute atomic E-state index is 4.28. The SMILES string of the molecule is CC1=N[C@@H]2N=NC=C2C(Br)=C1. The monoisotopic (exact) mass is 211 g/mol. The summed E-state index contributed by atoms with van der Waals surface area (Å²) in [6, 6.07) is 0. The molecule has 2 rings (SSSR count). The number of dihydropyridines is 1. The third-order valence-electron chi connectivity index (χ3n) is 1.59. The highest BCUT2D eigenvalue weighted by atomic mass is 79.9. The number of aliphatic imine (C=N–C) groups is 1. The van der Waals surface area contributed by atoms with E-state index in [2.05, 4.69) is 31.2 Å². The Morgan fingerprint density at radius 2 is 2.36 bits per heavy atom. The first kappa shape index (κ1) is 6.91. The molecule has 0 aromatic heterocycles. The van der Waals surface area contributed by atoms with Crippen molar-refractivity contribution in [2.24, 2.45) is 15.2 Å². The number of hydrogen-bond donors (Lipinski definition) is 0. The minimum absolute atomic E-state index is 0.0885. The van der Waals surface area contributed by atoms with Crippen molar-refractivity contribution in [3.63, 3.8) is 0 Å². The van der Waals surface area contributed by atoms with Gasteiger partial charge in [-0.05, 0) is 13.0 Å². The van der Waals surface area contributed by atoms with Gasteiger partial charge in [-0.15, -0.1) is 0 Å². The summed E-state index contributed by atoms with van der Waals surface area (Å²) in [4.78, 5) is 4.28. The zero-order valence-electron chi connectivity index (χ0n) is 5.95. The molecule has 0 saturated carbocycles. The summed E-state index contributed by atoms with van der Waals surface area (Å²) in [6.45, 7) is 1.95. The fourth-order valence-electron chi connectivity index (χ4n) is 1.06. The van der Waals surface area contributed by atoms with Crippen LogP contribution in [0.1, 0.15) is 6.92 Å². The number of allylic oxidation sites excluding steroid dienone is 1. The number of halogens is 1. The third-order valence-corrected chi connectivity index (χ3v) is 2.28. The van der Waals surface area contributed by atoms with E-state index in [0.717, 1.165) is 15.8 Å². The Bertz CT molecular complexity index is 312. The topological polar surface area (TPSA) is 37.1 Å². The Labute approximate surface area is 72.7 Å². The predicted molar refractivity (Wildman–Crippen MR) is 46.8 cm³/mol. The molecule has 0 radical (unpaired) electrons. The molecule has 0 N–H and O–H groups in total. The molecule has 0 unspecified atom stereocenters. The van der Waals surface area contributed by atoms with E-state index in [0.29, 0.717) is 0 Å². The van der Waals surface area contributed by atoms with E-state index in [1.807, 2.05) is 13.0 Å². The molecular weight excluding hydrogens is 206 g/mol. The molecule has 0 aromatic carbocycles. The van der Waals surface area contributed by atoms with Crippen LogP contribution in [0.5, 0.6) is 0 Å². The Kier molecular flexibility index (Phi) is 1.49. The highest BCUT2D eigenvalue weighted by Gasteiger charge is 2.22. The van der Waals surface area contributed by atoms with Crippen LogP contribution in [0.4, 0.5) is 0 Å². The lowest BCUT2D eigenvalue weighted by Crippen LogP contribution is -2.09. The molecule has 1 atom stereocenters. The second kappa shape index (κ2) is 2.37. The van der Waals surface area contributed by atoms with Crippen molar-refractivity contribution in [3.05, 3.63) is 22.3 Å². The van der Waals surface area contributed by atoms with E-state index in [4.69, 9.17) is 0 Å². The minimum atomic E-state index is -0.0885. The quantitative estimate of drug-likeness (QED) is 0.591. The molecule has 56 valence electrons. The maximum Gasteiger partial charge on any atom is 0.188 e. The van der Waals surface area contributed by atoms with Gasteiger partial charge in [0.1, 0.15) is 0 Å². The van der Waals surface area contributed by atoms with E-state index in [1.165, 1.54) is 0 Å². The molecule has 2 heterocycles. The van der Waals surface area contributed by atoms with Crippen LogP contribution in [-0.2, 0) is 0 Å². The van der Waals surface area contributed by atoms with Gasteiger partial charge < -0.3 is 0 Å². The largest absolute Gasteiger partial charge is 0.257 e. The number of rotatable bonds is 0. The summed E-state index contributed by atoms with van der Waals surface area (Å²) in [5, 5.41) is 7.73. The van der Waals surface area contributed by atoms with Crippen molar-refractivity contribution in [2.45, 2.75) is 13.1 Å². The molecule has 3 nitrogen and oxygen atoms in total. The molecule has 0 spiro atoms. The Hall–Kier alpha value is -0.770. The standard InChI is InChI=1S/C7H6BrN3/c1-4-2-6(8)5-3-9-11-7(5)10-4/h2-3,7H,1H3/t7-/m1/s1. The van der Waals surface area contributed by atoms with E-state index >= 15 is 0 Å². The van der Waals surface area contributed by atoms with Crippen molar-refractivity contribution in [3.8, 4) is 0 Å². The summed E-state index contributed by atoms with van der Waals surface area (Å²) in [6.07, 6.45) is 3.62. The van der Waals surface area contributed by atoms with Crippen LogP contribution in [0.3, 0.4) is 0 Å². The summed E-state index contributed by atoms with van der Waals surface area (Å²) in [5.74, 6) is 0. The van der Waals surface area contributed by atoms with E-state index in [9.17, 15) is 0 Å². The second-order valence-corrected chi connectivity index (χ2v) is 3.31. The number of hydrogen-bond acceptors (Lipinski definition) is 3. The average molecular weight is 212 g/mol. The van der Waals surface area contributed by atoms with Crippen molar-refractivity contribution >= 4 is 21.6 Å². The van der Waals surface area contributed by atoms with Crippen LogP contribution in [0, 0.1) is 0 Å². The number of azo groups is 1. The van der Waals surface area contributed by atoms with Gasteiger partial charge in [0.2, 0.25) is 0 Å². The van der Waals surface area contributed by atoms with Gasteiger partial charge in [-0.25, -0.2) is 0 Å². The van der Waals surface area contributed by atoms with Crippen molar-refractivity contribution < 1.29 is 0 Å². The molecule has 0 fully saturated rings. The van der Waals surface area contributed by atoms with Crippen LogP contribution in [-0.4, -0.2) is 11.9 Å². The summed E-state index contributed by atoms with van der Waals surface area (Å²) < 4.78 is 1.04. The lowest BCUT2D eigenvalue weighted by molar-refractivity contribution is 0.819. The predicted octanol–water partition coefficient (Wildman–Crippen LogP) is 2.42. The molecular formula is C7H6BrN3. The molecule has 0 aromatic rings. The molecule has 4 heteroatoms. The zero-order valence-corrected chi connectivity index (χ0v) is 7.54. The molecule has 0 amide bonds. The molecule has 0 aliphatic carbocycles. The fraction of sp³-hybridized carbons (Fsp3) is 0.286. The van der Waals surface area contributed by atoms with Crippen LogP contribution >= 0.6 is 15.9 Å². The first-order valence-corrected chi connectivity index (χ1v) is 4.08.